The van der Waals surface area contributed by atoms with Crippen LogP contribution >= 0.6 is 11.6 Å². The van der Waals surface area contributed by atoms with Gasteiger partial charge in [-0.25, -0.2) is 6.57 Å². The number of hydrogen-bond acceptors (Lipinski definition) is 7. The van der Waals surface area contributed by atoms with E-state index in [1.165, 1.54) is 0 Å². The Kier molecular flexibility index (Phi) is 11.0. The molecule has 2 heterocycles. The summed E-state index contributed by atoms with van der Waals surface area (Å²) >= 11 is 5.71. The molecule has 0 amide bonds. The van der Waals surface area contributed by atoms with E-state index in [1.54, 1.807) is 20.3 Å². The van der Waals surface area contributed by atoms with Crippen molar-refractivity contribution in [3.63, 3.8) is 0 Å². The van der Waals surface area contributed by atoms with E-state index in [-0.39, 0.29) is 43.1 Å². The maximum absolute atomic E-state index is 6.78. The molecule has 0 radical (unpaired) electrons. The van der Waals surface area contributed by atoms with E-state index in [2.05, 4.69) is 4.85 Å². The van der Waals surface area contributed by atoms with Gasteiger partial charge in [-0.3, -0.25) is 0 Å². The smallest absolute Gasteiger partial charge is 0.512 e. The molecular formula is C20H18ClN2NaO6. The first kappa shape index (κ1) is 25.5. The summed E-state index contributed by atoms with van der Waals surface area (Å²) in [5, 5.41) is 6.25. The van der Waals surface area contributed by atoms with Gasteiger partial charge >= 0.3 is 29.6 Å². The van der Waals surface area contributed by atoms with Crippen LogP contribution in [0.2, 0.25) is 0 Å². The summed E-state index contributed by atoms with van der Waals surface area (Å²) in [6.45, 7) is 12.3. The van der Waals surface area contributed by atoms with Gasteiger partial charge in [0.25, 0.3) is 0 Å². The number of halogens is 1. The normalized spacial score (nSPS) is 11.5. The summed E-state index contributed by atoms with van der Waals surface area (Å²) in [6.07, 6.45) is 0. The number of nitrogens with zero attached hydrogens (tertiary/aromatic N) is 2. The second-order valence-electron chi connectivity index (χ2n) is 5.51. The van der Waals surface area contributed by atoms with Crippen LogP contribution in [0.25, 0.3) is 4.85 Å². The number of hydrogen-bond donors (Lipinski definition) is 0. The number of fused-ring (bicyclic) bond motifs is 2. The molecule has 0 bridgehead atoms. The fourth-order valence-electron chi connectivity index (χ4n) is 2.63. The Bertz CT molecular complexity index is 916. The average Bonchev–Trinajstić information content (AvgIpc) is 3.43. The van der Waals surface area contributed by atoms with E-state index in [9.17, 15) is 0 Å². The van der Waals surface area contributed by atoms with Crippen molar-refractivity contribution in [3.8, 4) is 34.5 Å². The topological polar surface area (TPSA) is 83.5 Å². The minimum atomic E-state index is 0. The predicted molar refractivity (Wildman–Crippen MR) is 103 cm³/mol. The zero-order valence-electron chi connectivity index (χ0n) is 16.9. The number of alkyl halides is 1. The SMILES string of the molecule is COc1cc(CCl)cc2c1OCO2.[C-]#N.[C-]#[N+]Cc1cc(OC)c2c(c1)OCO2.[Na+]. The van der Waals surface area contributed by atoms with Crippen LogP contribution in [0, 0.1) is 18.4 Å². The summed E-state index contributed by atoms with van der Waals surface area (Å²) in [5.41, 5.74) is 1.84. The van der Waals surface area contributed by atoms with Gasteiger partial charge in [-0.2, -0.15) is 0 Å². The van der Waals surface area contributed by atoms with Gasteiger partial charge in [0, 0.05) is 11.4 Å². The molecular weight excluding hydrogens is 423 g/mol. The number of ether oxygens (including phenoxy) is 6. The monoisotopic (exact) mass is 440 g/mol. The van der Waals surface area contributed by atoms with Gasteiger partial charge in [-0.15, -0.1) is 11.6 Å². The molecule has 8 nitrogen and oxygen atoms in total. The third kappa shape index (κ3) is 6.01. The molecule has 0 saturated carbocycles. The van der Waals surface area contributed by atoms with Crippen molar-refractivity contribution in [2.45, 2.75) is 12.4 Å². The van der Waals surface area contributed by atoms with Crippen molar-refractivity contribution < 1.29 is 58.0 Å². The van der Waals surface area contributed by atoms with Crippen molar-refractivity contribution in [1.29, 1.82) is 5.26 Å². The summed E-state index contributed by atoms with van der Waals surface area (Å²) in [4.78, 5) is 3.30. The van der Waals surface area contributed by atoms with Crippen LogP contribution in [0.15, 0.2) is 24.3 Å². The molecule has 10 heteroatoms. The largest absolute Gasteiger partial charge is 1.00 e. The number of rotatable bonds is 4. The Hall–Kier alpha value is -2.49. The van der Waals surface area contributed by atoms with Gasteiger partial charge < -0.3 is 45.1 Å². The van der Waals surface area contributed by atoms with Crippen molar-refractivity contribution in [3.05, 3.63) is 53.4 Å². The minimum absolute atomic E-state index is 0. The second kappa shape index (κ2) is 12.9. The van der Waals surface area contributed by atoms with Crippen molar-refractivity contribution >= 4 is 11.6 Å². The zero-order valence-corrected chi connectivity index (χ0v) is 19.6. The first-order chi connectivity index (χ1) is 14.2. The van der Waals surface area contributed by atoms with Gasteiger partial charge in [0.05, 0.1) is 14.2 Å². The van der Waals surface area contributed by atoms with E-state index >= 15 is 0 Å². The van der Waals surface area contributed by atoms with Crippen molar-refractivity contribution in [2.24, 2.45) is 0 Å². The fourth-order valence-corrected chi connectivity index (χ4v) is 2.78. The minimum Gasteiger partial charge on any atom is -0.512 e. The maximum atomic E-state index is 6.78. The quantitative estimate of drug-likeness (QED) is 0.400. The van der Waals surface area contributed by atoms with E-state index < -0.39 is 0 Å². The molecule has 0 aliphatic carbocycles. The molecule has 2 aliphatic heterocycles. The van der Waals surface area contributed by atoms with Crippen LogP contribution < -0.4 is 58.0 Å². The average molecular weight is 441 g/mol. The van der Waals surface area contributed by atoms with E-state index in [4.69, 9.17) is 58.4 Å². The maximum Gasteiger partial charge on any atom is 1.00 e. The zero-order chi connectivity index (χ0) is 21.2. The molecule has 0 fully saturated rings. The Morgan fingerprint density at radius 3 is 1.80 bits per heavy atom. The molecule has 0 saturated heterocycles. The number of benzene rings is 2. The van der Waals surface area contributed by atoms with Crippen molar-refractivity contribution in [2.75, 3.05) is 27.8 Å². The van der Waals surface area contributed by atoms with Crippen LogP contribution in [0.4, 0.5) is 0 Å². The van der Waals surface area contributed by atoms with Gasteiger partial charge in [-0.05, 0) is 29.8 Å². The van der Waals surface area contributed by atoms with Crippen LogP contribution in [-0.4, -0.2) is 27.8 Å². The first-order valence-electron chi connectivity index (χ1n) is 8.24. The Morgan fingerprint density at radius 1 is 0.900 bits per heavy atom. The first-order valence-corrected chi connectivity index (χ1v) is 8.78. The number of methoxy groups -OCH3 is 2. The fraction of sp³-hybridized carbons (Fsp3) is 0.300. The van der Waals surface area contributed by atoms with Gasteiger partial charge in [-0.1, -0.05) is 0 Å². The molecule has 30 heavy (non-hydrogen) atoms. The Morgan fingerprint density at radius 2 is 1.37 bits per heavy atom. The molecule has 0 spiro atoms. The van der Waals surface area contributed by atoms with Crippen molar-refractivity contribution in [1.82, 2.24) is 0 Å². The molecule has 2 aliphatic rings. The molecule has 0 N–H and O–H groups in total. The molecule has 0 unspecified atom stereocenters. The third-order valence-corrected chi connectivity index (χ3v) is 4.16. The third-order valence-electron chi connectivity index (χ3n) is 3.85. The van der Waals surface area contributed by atoms with E-state index in [0.717, 1.165) is 11.1 Å². The van der Waals surface area contributed by atoms with Crippen LogP contribution in [0.1, 0.15) is 11.1 Å². The van der Waals surface area contributed by atoms with Crippen LogP contribution in [-0.2, 0) is 12.4 Å². The standard InChI is InChI=1S/C10H9NO3.C9H9ClO3.CN.Na/c1-11-5-7-3-8(12-2)10-9(4-7)13-6-14-10;1-11-7-2-6(4-10)3-8-9(7)13-5-12-8;1-2;/h3-4H,5-6H2,2H3;2-3H,4-5H2,1H3;;/q;;-1;+1. The summed E-state index contributed by atoms with van der Waals surface area (Å²) in [5.74, 6) is 4.38. The van der Waals surface area contributed by atoms with E-state index in [1.807, 2.05) is 18.2 Å². The second-order valence-corrected chi connectivity index (χ2v) is 5.78. The van der Waals surface area contributed by atoms with E-state index in [0.29, 0.717) is 46.9 Å². The Balaban J connectivity index is 0.000000270. The summed E-state index contributed by atoms with van der Waals surface area (Å²) < 4.78 is 31.2. The van der Waals surface area contributed by atoms with Gasteiger partial charge in [0.15, 0.2) is 23.0 Å². The van der Waals surface area contributed by atoms with Gasteiger partial charge in [0.2, 0.25) is 31.6 Å². The molecule has 152 valence electrons. The molecule has 2 aromatic rings. The van der Waals surface area contributed by atoms with Crippen LogP contribution in [0.3, 0.4) is 0 Å². The molecule has 0 aromatic heterocycles. The van der Waals surface area contributed by atoms with Crippen LogP contribution in [0.5, 0.6) is 34.5 Å². The summed E-state index contributed by atoms with van der Waals surface area (Å²) in [7, 11) is 3.16. The Labute approximate surface area is 202 Å². The molecule has 0 atom stereocenters. The molecule has 4 rings (SSSR count). The van der Waals surface area contributed by atoms with Gasteiger partial charge in [0.1, 0.15) is 0 Å². The summed E-state index contributed by atoms with van der Waals surface area (Å²) in [6, 6.07) is 7.31. The molecule has 2 aromatic carbocycles. The predicted octanol–water partition coefficient (Wildman–Crippen LogP) is 1.11.